The summed E-state index contributed by atoms with van der Waals surface area (Å²) in [6.07, 6.45) is 1.70. The van der Waals surface area contributed by atoms with Gasteiger partial charge in [-0.25, -0.2) is 0 Å². The molecule has 0 amide bonds. The number of aromatic nitrogens is 1. The van der Waals surface area contributed by atoms with Gasteiger partial charge in [0.1, 0.15) is 0 Å². The van der Waals surface area contributed by atoms with Gasteiger partial charge in [0, 0.05) is 19.7 Å². The number of halogens is 1. The van der Waals surface area contributed by atoms with Crippen LogP contribution in [-0.2, 0) is 19.4 Å². The Hall–Kier alpha value is -1.97. The molecular formula is C18H27IN4O3. The minimum absolute atomic E-state index is 0. The van der Waals surface area contributed by atoms with E-state index in [4.69, 9.17) is 14.0 Å². The summed E-state index contributed by atoms with van der Waals surface area (Å²) in [5.74, 6) is 2.98. The Balaban J connectivity index is 0.00000338. The molecule has 1 aromatic carbocycles. The first-order valence-electron chi connectivity index (χ1n) is 8.30. The summed E-state index contributed by atoms with van der Waals surface area (Å²) < 4.78 is 15.8. The van der Waals surface area contributed by atoms with Crippen molar-refractivity contribution >= 4 is 29.9 Å². The molecule has 1 aromatic heterocycles. The van der Waals surface area contributed by atoms with Gasteiger partial charge in [0.25, 0.3) is 0 Å². The molecule has 2 rings (SSSR count). The van der Waals surface area contributed by atoms with Gasteiger partial charge in [-0.2, -0.15) is 0 Å². The Kier molecular flexibility index (Phi) is 9.85. The third-order valence-electron chi connectivity index (χ3n) is 3.78. The van der Waals surface area contributed by atoms with Crippen LogP contribution in [0.25, 0.3) is 0 Å². The molecule has 0 bridgehead atoms. The molecule has 0 unspecified atom stereocenters. The second-order valence-corrected chi connectivity index (χ2v) is 5.43. The van der Waals surface area contributed by atoms with Crippen molar-refractivity contribution in [3.8, 4) is 11.5 Å². The second-order valence-electron chi connectivity index (χ2n) is 5.43. The number of aryl methyl sites for hydroxylation is 1. The lowest BCUT2D eigenvalue weighted by molar-refractivity contribution is 0.354. The number of nitrogens with one attached hydrogen (secondary N) is 2. The van der Waals surface area contributed by atoms with Gasteiger partial charge < -0.3 is 24.6 Å². The highest BCUT2D eigenvalue weighted by molar-refractivity contribution is 14.0. The largest absolute Gasteiger partial charge is 0.493 e. The van der Waals surface area contributed by atoms with E-state index < -0.39 is 0 Å². The van der Waals surface area contributed by atoms with Crippen molar-refractivity contribution in [2.45, 2.75) is 26.3 Å². The van der Waals surface area contributed by atoms with E-state index in [-0.39, 0.29) is 24.0 Å². The van der Waals surface area contributed by atoms with E-state index in [0.717, 1.165) is 53.9 Å². The van der Waals surface area contributed by atoms with E-state index in [1.165, 1.54) is 0 Å². The van der Waals surface area contributed by atoms with Crippen molar-refractivity contribution in [3.05, 3.63) is 41.3 Å². The topological polar surface area (TPSA) is 80.9 Å². The molecule has 0 aliphatic heterocycles. The Labute approximate surface area is 171 Å². The van der Waals surface area contributed by atoms with Crippen molar-refractivity contribution < 1.29 is 14.0 Å². The molecule has 2 aromatic rings. The standard InChI is InChI=1S/C18H26N4O3.HI/c1-5-14-11-15(25-22-14)12-21-18(19-2)20-9-8-13-6-7-16(23-3)17(10-13)24-4;/h6-7,10-11H,5,8-9,12H2,1-4H3,(H2,19,20,21);1H. The van der Waals surface area contributed by atoms with E-state index in [9.17, 15) is 0 Å². The van der Waals surface area contributed by atoms with Gasteiger partial charge in [-0.1, -0.05) is 18.1 Å². The van der Waals surface area contributed by atoms with Crippen LogP contribution in [-0.4, -0.2) is 38.9 Å². The number of hydrogen-bond acceptors (Lipinski definition) is 5. The van der Waals surface area contributed by atoms with Crippen LogP contribution in [0.4, 0.5) is 0 Å². The van der Waals surface area contributed by atoms with Crippen LogP contribution in [0.2, 0.25) is 0 Å². The third kappa shape index (κ3) is 6.40. The van der Waals surface area contributed by atoms with Crippen molar-refractivity contribution in [2.24, 2.45) is 4.99 Å². The predicted octanol–water partition coefficient (Wildman–Crippen LogP) is 2.78. The summed E-state index contributed by atoms with van der Waals surface area (Å²) in [5.41, 5.74) is 2.11. The van der Waals surface area contributed by atoms with Crippen molar-refractivity contribution in [1.29, 1.82) is 0 Å². The SMILES string of the molecule is CCc1cc(CNC(=NC)NCCc2ccc(OC)c(OC)c2)on1.I. The molecule has 26 heavy (non-hydrogen) atoms. The Morgan fingerprint density at radius 3 is 2.54 bits per heavy atom. The molecule has 0 aliphatic rings. The maximum Gasteiger partial charge on any atom is 0.191 e. The van der Waals surface area contributed by atoms with E-state index in [1.807, 2.05) is 31.2 Å². The molecule has 0 atom stereocenters. The van der Waals surface area contributed by atoms with Gasteiger partial charge in [-0.3, -0.25) is 4.99 Å². The summed E-state index contributed by atoms with van der Waals surface area (Å²) in [5, 5.41) is 10.5. The molecule has 0 aliphatic carbocycles. The summed E-state index contributed by atoms with van der Waals surface area (Å²) in [7, 11) is 5.01. The average Bonchev–Trinajstić information content (AvgIpc) is 3.12. The van der Waals surface area contributed by atoms with Crippen molar-refractivity contribution in [3.63, 3.8) is 0 Å². The molecule has 144 valence electrons. The molecule has 7 nitrogen and oxygen atoms in total. The number of guanidine groups is 1. The molecule has 8 heteroatoms. The molecule has 1 heterocycles. The lowest BCUT2D eigenvalue weighted by atomic mass is 10.1. The van der Waals surface area contributed by atoms with Crippen LogP contribution in [0, 0.1) is 0 Å². The highest BCUT2D eigenvalue weighted by Gasteiger charge is 2.06. The van der Waals surface area contributed by atoms with Crippen LogP contribution in [0.3, 0.4) is 0 Å². The maximum absolute atomic E-state index is 5.33. The molecule has 0 radical (unpaired) electrons. The zero-order valence-corrected chi connectivity index (χ0v) is 18.0. The van der Waals surface area contributed by atoms with E-state index in [2.05, 4.69) is 20.8 Å². The third-order valence-corrected chi connectivity index (χ3v) is 3.78. The van der Waals surface area contributed by atoms with Crippen molar-refractivity contribution in [1.82, 2.24) is 15.8 Å². The fourth-order valence-electron chi connectivity index (χ4n) is 2.36. The average molecular weight is 474 g/mol. The monoisotopic (exact) mass is 474 g/mol. The van der Waals surface area contributed by atoms with Gasteiger partial charge in [-0.05, 0) is 30.5 Å². The highest BCUT2D eigenvalue weighted by atomic mass is 127. The summed E-state index contributed by atoms with van der Waals surface area (Å²) in [6.45, 7) is 3.33. The quantitative estimate of drug-likeness (QED) is 0.348. The number of methoxy groups -OCH3 is 2. The van der Waals surface area contributed by atoms with Crippen LogP contribution in [0.15, 0.2) is 33.8 Å². The second kappa shape index (κ2) is 11.6. The zero-order valence-electron chi connectivity index (χ0n) is 15.7. The fraction of sp³-hybridized carbons (Fsp3) is 0.444. The number of rotatable bonds is 8. The maximum atomic E-state index is 5.33. The lowest BCUT2D eigenvalue weighted by Crippen LogP contribution is -2.37. The molecule has 0 saturated heterocycles. The van der Waals surface area contributed by atoms with E-state index in [1.54, 1.807) is 21.3 Å². The number of aliphatic imine (C=N–C) groups is 1. The van der Waals surface area contributed by atoms with Gasteiger partial charge in [0.15, 0.2) is 23.2 Å². The Morgan fingerprint density at radius 2 is 1.92 bits per heavy atom. The van der Waals surface area contributed by atoms with Crippen LogP contribution < -0.4 is 20.1 Å². The van der Waals surface area contributed by atoms with Crippen LogP contribution in [0.5, 0.6) is 11.5 Å². The number of nitrogens with zero attached hydrogens (tertiary/aromatic N) is 2. The van der Waals surface area contributed by atoms with Gasteiger partial charge >= 0.3 is 0 Å². The molecule has 0 saturated carbocycles. The Bertz CT molecular complexity index is 703. The minimum Gasteiger partial charge on any atom is -0.493 e. The van der Waals surface area contributed by atoms with Gasteiger partial charge in [0.05, 0.1) is 26.5 Å². The summed E-state index contributed by atoms with van der Waals surface area (Å²) in [6, 6.07) is 7.87. The molecule has 0 fully saturated rings. The Morgan fingerprint density at radius 1 is 1.15 bits per heavy atom. The molecule has 0 spiro atoms. The first-order chi connectivity index (χ1) is 12.2. The van der Waals surface area contributed by atoms with E-state index in [0.29, 0.717) is 6.54 Å². The number of ether oxygens (including phenoxy) is 2. The van der Waals surface area contributed by atoms with Gasteiger partial charge in [0.2, 0.25) is 0 Å². The first kappa shape index (κ1) is 22.1. The smallest absolute Gasteiger partial charge is 0.191 e. The normalized spacial score (nSPS) is 10.8. The number of hydrogen-bond donors (Lipinski definition) is 2. The summed E-state index contributed by atoms with van der Waals surface area (Å²) >= 11 is 0. The minimum atomic E-state index is 0. The van der Waals surface area contributed by atoms with Crippen LogP contribution in [0.1, 0.15) is 23.9 Å². The number of benzene rings is 1. The first-order valence-corrected chi connectivity index (χ1v) is 8.30. The van der Waals surface area contributed by atoms with E-state index >= 15 is 0 Å². The molecule has 2 N–H and O–H groups in total. The van der Waals surface area contributed by atoms with Crippen LogP contribution >= 0.6 is 24.0 Å². The fourth-order valence-corrected chi connectivity index (χ4v) is 2.36. The predicted molar refractivity (Wildman–Crippen MR) is 113 cm³/mol. The summed E-state index contributed by atoms with van der Waals surface area (Å²) in [4.78, 5) is 4.21. The van der Waals surface area contributed by atoms with Crippen molar-refractivity contribution in [2.75, 3.05) is 27.8 Å². The van der Waals surface area contributed by atoms with Gasteiger partial charge in [-0.15, -0.1) is 24.0 Å². The highest BCUT2D eigenvalue weighted by Crippen LogP contribution is 2.27. The lowest BCUT2D eigenvalue weighted by Gasteiger charge is -2.12. The zero-order chi connectivity index (χ0) is 18.1. The molecular weight excluding hydrogens is 447 g/mol.